The fourth-order valence-electron chi connectivity index (χ4n) is 2.69. The molecule has 2 aromatic heterocycles. The first-order valence-corrected chi connectivity index (χ1v) is 8.31. The van der Waals surface area contributed by atoms with Crippen LogP contribution in [0.3, 0.4) is 0 Å². The van der Waals surface area contributed by atoms with Crippen molar-refractivity contribution in [3.05, 3.63) is 72.4 Å². The molecule has 0 radical (unpaired) electrons. The molecule has 0 fully saturated rings. The molecule has 7 nitrogen and oxygen atoms in total. The molecule has 1 N–H and O–H groups in total. The number of hydrogen-bond donors (Lipinski definition) is 1. The van der Waals surface area contributed by atoms with Crippen LogP contribution in [0.25, 0.3) is 22.3 Å². The van der Waals surface area contributed by atoms with Gasteiger partial charge in [-0.25, -0.2) is 19.0 Å². The Bertz CT molecular complexity index is 1090. The number of carbonyl (C=O) groups excluding carboxylic acids is 1. The van der Waals surface area contributed by atoms with Gasteiger partial charge in [-0.05, 0) is 42.5 Å². The van der Waals surface area contributed by atoms with E-state index in [0.29, 0.717) is 11.4 Å². The Morgan fingerprint density at radius 1 is 1.07 bits per heavy atom. The molecule has 0 bridgehead atoms. The Hall–Kier alpha value is -3.68. The number of rotatable bonds is 5. The summed E-state index contributed by atoms with van der Waals surface area (Å²) in [6, 6.07) is 15.3. The van der Waals surface area contributed by atoms with Crippen LogP contribution in [0.15, 0.2) is 60.9 Å². The first kappa shape index (κ1) is 16.8. The van der Waals surface area contributed by atoms with Gasteiger partial charge in [0.2, 0.25) is 5.91 Å². The van der Waals surface area contributed by atoms with Crippen LogP contribution in [0.5, 0.6) is 0 Å². The Labute approximate surface area is 153 Å². The molecule has 8 heteroatoms. The molecule has 2 aromatic carbocycles. The third kappa shape index (κ3) is 3.79. The lowest BCUT2D eigenvalue weighted by molar-refractivity contribution is -0.122. The summed E-state index contributed by atoms with van der Waals surface area (Å²) >= 11 is 0. The van der Waals surface area contributed by atoms with Crippen molar-refractivity contribution >= 4 is 16.9 Å². The molecule has 0 aliphatic heterocycles. The lowest BCUT2D eigenvalue weighted by Crippen LogP contribution is -2.28. The predicted octanol–water partition coefficient (Wildman–Crippen LogP) is 2.34. The lowest BCUT2D eigenvalue weighted by atomic mass is 10.1. The van der Waals surface area contributed by atoms with Crippen molar-refractivity contribution in [1.82, 2.24) is 30.3 Å². The molecule has 134 valence electrons. The van der Waals surface area contributed by atoms with Crippen LogP contribution < -0.4 is 5.32 Å². The molecular weight excluding hydrogens is 347 g/mol. The van der Waals surface area contributed by atoms with Crippen molar-refractivity contribution in [1.29, 1.82) is 0 Å². The van der Waals surface area contributed by atoms with Gasteiger partial charge in [-0.15, -0.1) is 5.10 Å². The van der Waals surface area contributed by atoms with E-state index in [2.05, 4.69) is 25.6 Å². The van der Waals surface area contributed by atoms with Gasteiger partial charge >= 0.3 is 0 Å². The summed E-state index contributed by atoms with van der Waals surface area (Å²) in [5.74, 6) is -0.506. The molecule has 2 heterocycles. The highest BCUT2D eigenvalue weighted by Crippen LogP contribution is 2.17. The summed E-state index contributed by atoms with van der Waals surface area (Å²) < 4.78 is 14.6. The number of halogens is 1. The van der Waals surface area contributed by atoms with Crippen molar-refractivity contribution in [2.45, 2.75) is 13.1 Å². The Balaban J connectivity index is 1.42. The lowest BCUT2D eigenvalue weighted by Gasteiger charge is -2.07. The highest BCUT2D eigenvalue weighted by atomic mass is 19.1. The van der Waals surface area contributed by atoms with Crippen molar-refractivity contribution < 1.29 is 9.18 Å². The van der Waals surface area contributed by atoms with Gasteiger partial charge in [0.25, 0.3) is 0 Å². The summed E-state index contributed by atoms with van der Waals surface area (Å²) in [6.45, 7) is 0.318. The zero-order valence-corrected chi connectivity index (χ0v) is 14.2. The van der Waals surface area contributed by atoms with Gasteiger partial charge in [0.05, 0.1) is 23.4 Å². The van der Waals surface area contributed by atoms with Crippen LogP contribution in [-0.4, -0.2) is 30.9 Å². The maximum absolute atomic E-state index is 13.1. The van der Waals surface area contributed by atoms with E-state index in [1.54, 1.807) is 22.9 Å². The minimum atomic E-state index is -0.305. The van der Waals surface area contributed by atoms with Gasteiger partial charge in [0, 0.05) is 5.56 Å². The second kappa shape index (κ2) is 7.28. The van der Waals surface area contributed by atoms with E-state index in [4.69, 9.17) is 0 Å². The van der Waals surface area contributed by atoms with Crippen molar-refractivity contribution in [3.63, 3.8) is 0 Å². The molecule has 0 aliphatic rings. The molecule has 1 amide bonds. The van der Waals surface area contributed by atoms with Crippen LogP contribution in [0.1, 0.15) is 5.69 Å². The minimum absolute atomic E-state index is 0.0659. The van der Waals surface area contributed by atoms with E-state index < -0.39 is 0 Å². The van der Waals surface area contributed by atoms with Crippen LogP contribution in [0.2, 0.25) is 0 Å². The van der Waals surface area contributed by atoms with Crippen LogP contribution in [-0.2, 0) is 17.9 Å². The standard InChI is InChI=1S/C19H15FN6O/c20-14-7-5-13(6-8-14)17-9-15(22-12-23-17)10-21-19(27)11-26-18-4-2-1-3-16(18)24-25-26/h1-9,12H,10-11H2,(H,21,27). The summed E-state index contributed by atoms with van der Waals surface area (Å²) in [5, 5.41) is 10.8. The summed E-state index contributed by atoms with van der Waals surface area (Å²) in [5.41, 5.74) is 3.64. The molecule has 4 rings (SSSR count). The number of carbonyl (C=O) groups is 1. The first-order valence-electron chi connectivity index (χ1n) is 8.31. The summed E-state index contributed by atoms with van der Waals surface area (Å²) in [4.78, 5) is 20.6. The number of hydrogen-bond acceptors (Lipinski definition) is 5. The number of nitrogens with zero attached hydrogens (tertiary/aromatic N) is 5. The number of nitrogens with one attached hydrogen (secondary N) is 1. The number of benzene rings is 2. The van der Waals surface area contributed by atoms with E-state index in [-0.39, 0.29) is 24.8 Å². The highest BCUT2D eigenvalue weighted by Gasteiger charge is 2.09. The monoisotopic (exact) mass is 362 g/mol. The van der Waals surface area contributed by atoms with E-state index in [1.807, 2.05) is 24.3 Å². The van der Waals surface area contributed by atoms with Crippen LogP contribution in [0.4, 0.5) is 4.39 Å². The van der Waals surface area contributed by atoms with Gasteiger partial charge in [-0.2, -0.15) is 0 Å². The van der Waals surface area contributed by atoms with Gasteiger partial charge < -0.3 is 5.32 Å². The zero-order valence-electron chi connectivity index (χ0n) is 14.2. The smallest absolute Gasteiger partial charge is 0.242 e. The van der Waals surface area contributed by atoms with Gasteiger partial charge in [-0.3, -0.25) is 4.79 Å². The Morgan fingerprint density at radius 2 is 1.89 bits per heavy atom. The summed E-state index contributed by atoms with van der Waals surface area (Å²) in [7, 11) is 0. The van der Waals surface area contributed by atoms with E-state index in [9.17, 15) is 9.18 Å². The largest absolute Gasteiger partial charge is 0.349 e. The maximum Gasteiger partial charge on any atom is 0.242 e. The quantitative estimate of drug-likeness (QED) is 0.589. The molecular formula is C19H15FN6O. The normalized spacial score (nSPS) is 10.9. The molecule has 4 aromatic rings. The minimum Gasteiger partial charge on any atom is -0.349 e. The fraction of sp³-hybridized carbons (Fsp3) is 0.105. The fourth-order valence-corrected chi connectivity index (χ4v) is 2.69. The predicted molar refractivity (Wildman–Crippen MR) is 96.8 cm³/mol. The third-order valence-corrected chi connectivity index (χ3v) is 4.04. The summed E-state index contributed by atoms with van der Waals surface area (Å²) in [6.07, 6.45) is 1.42. The van der Waals surface area contributed by atoms with Crippen molar-refractivity contribution in [2.75, 3.05) is 0 Å². The number of fused-ring (bicyclic) bond motifs is 1. The molecule has 0 saturated carbocycles. The van der Waals surface area contributed by atoms with Crippen molar-refractivity contribution in [2.24, 2.45) is 0 Å². The topological polar surface area (TPSA) is 85.6 Å². The maximum atomic E-state index is 13.1. The molecule has 0 aliphatic carbocycles. The third-order valence-electron chi connectivity index (χ3n) is 4.04. The Kier molecular flexibility index (Phi) is 4.52. The molecule has 0 saturated heterocycles. The highest BCUT2D eigenvalue weighted by molar-refractivity contribution is 5.79. The zero-order chi connectivity index (χ0) is 18.6. The van der Waals surface area contributed by atoms with Gasteiger partial charge in [0.1, 0.15) is 24.2 Å². The van der Waals surface area contributed by atoms with Gasteiger partial charge in [-0.1, -0.05) is 17.3 Å². The van der Waals surface area contributed by atoms with E-state index >= 15 is 0 Å². The van der Waals surface area contributed by atoms with E-state index in [0.717, 1.165) is 16.6 Å². The van der Waals surface area contributed by atoms with Crippen LogP contribution >= 0.6 is 0 Å². The van der Waals surface area contributed by atoms with Crippen LogP contribution in [0, 0.1) is 5.82 Å². The SMILES string of the molecule is O=C(Cn1nnc2ccccc21)NCc1cc(-c2ccc(F)cc2)ncn1. The average Bonchev–Trinajstić information content (AvgIpc) is 3.10. The second-order valence-electron chi connectivity index (χ2n) is 5.91. The molecule has 0 atom stereocenters. The van der Waals surface area contributed by atoms with E-state index in [1.165, 1.54) is 18.5 Å². The molecule has 0 spiro atoms. The number of amides is 1. The van der Waals surface area contributed by atoms with Crippen molar-refractivity contribution in [3.8, 4) is 11.3 Å². The molecule has 0 unspecified atom stereocenters. The first-order chi connectivity index (χ1) is 13.2. The average molecular weight is 362 g/mol. The molecule has 27 heavy (non-hydrogen) atoms. The second-order valence-corrected chi connectivity index (χ2v) is 5.91. The number of aromatic nitrogens is 5. The van der Waals surface area contributed by atoms with Gasteiger partial charge in [0.15, 0.2) is 0 Å². The Morgan fingerprint density at radius 3 is 2.74 bits per heavy atom. The number of para-hydroxylation sites is 1.